The van der Waals surface area contributed by atoms with E-state index in [1.54, 1.807) is 6.92 Å². The lowest BCUT2D eigenvalue weighted by atomic mass is 9.93. The van der Waals surface area contributed by atoms with Gasteiger partial charge in [-0.15, -0.1) is 0 Å². The molecule has 0 radical (unpaired) electrons. The van der Waals surface area contributed by atoms with Gasteiger partial charge in [-0.3, -0.25) is 9.59 Å². The van der Waals surface area contributed by atoms with E-state index in [-0.39, 0.29) is 17.0 Å². The first-order valence-corrected chi connectivity index (χ1v) is 6.89. The molecule has 1 aromatic heterocycles. The van der Waals surface area contributed by atoms with Crippen LogP contribution in [-0.2, 0) is 4.74 Å². The van der Waals surface area contributed by atoms with E-state index in [1.807, 2.05) is 0 Å². The number of aromatic nitrogens is 1. The number of hydrogen-bond donors (Lipinski definition) is 2. The van der Waals surface area contributed by atoms with E-state index < -0.39 is 18.6 Å². The van der Waals surface area contributed by atoms with Gasteiger partial charge in [0.05, 0.1) is 6.10 Å². The molecule has 116 valence electrons. The average Bonchev–Trinajstić information content (AvgIpc) is 2.40. The first-order chi connectivity index (χ1) is 9.95. The van der Waals surface area contributed by atoms with Gasteiger partial charge in [0.15, 0.2) is 5.43 Å². The summed E-state index contributed by atoms with van der Waals surface area (Å²) in [7, 11) is 0. The number of ether oxygens (including phenoxy) is 1. The molecule has 2 rings (SSSR count). The molecule has 0 saturated heterocycles. The van der Waals surface area contributed by atoms with Crippen LogP contribution in [0.1, 0.15) is 41.7 Å². The van der Waals surface area contributed by atoms with Crippen molar-refractivity contribution in [2.45, 2.75) is 51.4 Å². The second kappa shape index (κ2) is 6.80. The summed E-state index contributed by atoms with van der Waals surface area (Å²) in [6, 6.07) is 1.25. The number of aryl methyl sites for hydroxylation is 1. The van der Waals surface area contributed by atoms with E-state index in [0.717, 1.165) is 0 Å². The van der Waals surface area contributed by atoms with E-state index in [9.17, 15) is 18.4 Å². The number of carbonyl (C=O) groups is 1. The van der Waals surface area contributed by atoms with Gasteiger partial charge in [-0.25, -0.2) is 0 Å². The molecule has 1 amide bonds. The molecule has 0 aliphatic heterocycles. The smallest absolute Gasteiger partial charge is 0.345 e. The molecule has 1 aliphatic rings. The summed E-state index contributed by atoms with van der Waals surface area (Å²) in [6.07, 6.45) is 3.00. The third-order valence-corrected chi connectivity index (χ3v) is 3.61. The van der Waals surface area contributed by atoms with Gasteiger partial charge in [0.2, 0.25) is 0 Å². The Bertz CT molecular complexity index is 551. The molecule has 2 N–H and O–H groups in total. The molecule has 0 bridgehead atoms. The van der Waals surface area contributed by atoms with Crippen LogP contribution in [0.25, 0.3) is 0 Å². The second-order valence-corrected chi connectivity index (χ2v) is 5.24. The topological polar surface area (TPSA) is 71.2 Å². The van der Waals surface area contributed by atoms with Gasteiger partial charge in [-0.05, 0) is 32.6 Å². The molecule has 1 heterocycles. The fraction of sp³-hybridized carbons (Fsp3) is 0.571. The molecule has 7 heteroatoms. The van der Waals surface area contributed by atoms with Crippen molar-refractivity contribution in [1.29, 1.82) is 0 Å². The summed E-state index contributed by atoms with van der Waals surface area (Å²) in [5, 5.41) is 2.77. The summed E-state index contributed by atoms with van der Waals surface area (Å²) in [6.45, 7) is -1.03. The number of alkyl halides is 2. The van der Waals surface area contributed by atoms with Crippen molar-refractivity contribution in [1.82, 2.24) is 10.3 Å². The Morgan fingerprint density at radius 1 is 1.38 bits per heavy atom. The van der Waals surface area contributed by atoms with Crippen molar-refractivity contribution in [2.75, 3.05) is 0 Å². The number of aromatic amines is 1. The van der Waals surface area contributed by atoms with Gasteiger partial charge < -0.3 is 15.0 Å². The predicted molar refractivity (Wildman–Crippen MR) is 72.4 cm³/mol. The lowest BCUT2D eigenvalue weighted by Gasteiger charge is -2.28. The molecule has 1 aliphatic carbocycles. The van der Waals surface area contributed by atoms with Crippen LogP contribution in [0.2, 0.25) is 0 Å². The predicted octanol–water partition coefficient (Wildman–Crippen LogP) is 1.96. The molecule has 0 atom stereocenters. The Kier molecular flexibility index (Phi) is 5.06. The fourth-order valence-electron chi connectivity index (χ4n) is 2.50. The summed E-state index contributed by atoms with van der Waals surface area (Å²) >= 11 is 0. The average molecular weight is 300 g/mol. The van der Waals surface area contributed by atoms with Crippen molar-refractivity contribution < 1.29 is 18.3 Å². The zero-order chi connectivity index (χ0) is 15.4. The van der Waals surface area contributed by atoms with Crippen molar-refractivity contribution in [3.05, 3.63) is 33.7 Å². The third-order valence-electron chi connectivity index (χ3n) is 3.61. The zero-order valence-electron chi connectivity index (χ0n) is 11.7. The Morgan fingerprint density at radius 3 is 2.62 bits per heavy atom. The van der Waals surface area contributed by atoms with Gasteiger partial charge in [-0.2, -0.15) is 8.78 Å². The number of carbonyl (C=O) groups excluding carboxylic acids is 1. The maximum atomic E-state index is 12.1. The van der Waals surface area contributed by atoms with Crippen molar-refractivity contribution in [2.24, 2.45) is 0 Å². The SMILES string of the molecule is Cc1cc(=O)c(C(=O)NC2CCC(OC(F)F)CC2)c[nH]1. The normalized spacial score (nSPS) is 22.3. The Morgan fingerprint density at radius 2 is 2.05 bits per heavy atom. The monoisotopic (exact) mass is 300 g/mol. The molecule has 1 saturated carbocycles. The van der Waals surface area contributed by atoms with Gasteiger partial charge >= 0.3 is 6.61 Å². The number of rotatable bonds is 4. The van der Waals surface area contributed by atoms with Gasteiger partial charge in [0.1, 0.15) is 5.56 Å². The van der Waals surface area contributed by atoms with Crippen LogP contribution < -0.4 is 10.7 Å². The van der Waals surface area contributed by atoms with Crippen molar-refractivity contribution in [3.8, 4) is 0 Å². The molecular formula is C14H18F2N2O3. The Hall–Kier alpha value is -1.76. The van der Waals surface area contributed by atoms with Crippen LogP contribution in [-0.4, -0.2) is 29.6 Å². The number of halogens is 2. The molecule has 0 aromatic carbocycles. The van der Waals surface area contributed by atoms with E-state index >= 15 is 0 Å². The standard InChI is InChI=1S/C14H18F2N2O3/c1-8-6-12(19)11(7-17-8)13(20)18-9-2-4-10(5-3-9)21-14(15)16/h6-7,9-10,14H,2-5H2,1H3,(H,17,19)(H,18,20). The van der Waals surface area contributed by atoms with Gasteiger partial charge in [0.25, 0.3) is 5.91 Å². The molecule has 1 fully saturated rings. The van der Waals surface area contributed by atoms with Crippen LogP contribution in [0.4, 0.5) is 8.78 Å². The minimum atomic E-state index is -2.76. The number of nitrogens with one attached hydrogen (secondary N) is 2. The lowest BCUT2D eigenvalue weighted by Crippen LogP contribution is -2.40. The molecule has 5 nitrogen and oxygen atoms in total. The van der Waals surface area contributed by atoms with Gasteiger partial charge in [0, 0.05) is 24.0 Å². The van der Waals surface area contributed by atoms with Crippen LogP contribution in [0.5, 0.6) is 0 Å². The van der Waals surface area contributed by atoms with E-state index in [4.69, 9.17) is 0 Å². The molecule has 0 spiro atoms. The summed E-state index contributed by atoms with van der Waals surface area (Å²) < 4.78 is 28.6. The quantitative estimate of drug-likeness (QED) is 0.893. The highest BCUT2D eigenvalue weighted by atomic mass is 19.3. The minimum Gasteiger partial charge on any atom is -0.364 e. The highest BCUT2D eigenvalue weighted by Crippen LogP contribution is 2.23. The summed E-state index contributed by atoms with van der Waals surface area (Å²) in [4.78, 5) is 26.6. The fourth-order valence-corrected chi connectivity index (χ4v) is 2.50. The van der Waals surface area contributed by atoms with Crippen molar-refractivity contribution >= 4 is 5.91 Å². The number of pyridine rings is 1. The molecule has 1 aromatic rings. The van der Waals surface area contributed by atoms with Crippen LogP contribution in [0.3, 0.4) is 0 Å². The zero-order valence-corrected chi connectivity index (χ0v) is 11.7. The van der Waals surface area contributed by atoms with E-state index in [2.05, 4.69) is 15.0 Å². The second-order valence-electron chi connectivity index (χ2n) is 5.24. The maximum absolute atomic E-state index is 12.1. The molecular weight excluding hydrogens is 282 g/mol. The first kappa shape index (κ1) is 15.6. The molecule has 21 heavy (non-hydrogen) atoms. The van der Waals surface area contributed by atoms with Crippen LogP contribution in [0, 0.1) is 6.92 Å². The highest BCUT2D eigenvalue weighted by molar-refractivity contribution is 5.93. The van der Waals surface area contributed by atoms with E-state index in [1.165, 1.54) is 12.3 Å². The number of hydrogen-bond acceptors (Lipinski definition) is 3. The van der Waals surface area contributed by atoms with Crippen LogP contribution >= 0.6 is 0 Å². The highest BCUT2D eigenvalue weighted by Gasteiger charge is 2.25. The Balaban J connectivity index is 1.88. The molecule has 0 unspecified atom stereocenters. The summed E-state index contributed by atoms with van der Waals surface area (Å²) in [5.74, 6) is -0.436. The first-order valence-electron chi connectivity index (χ1n) is 6.89. The Labute approximate surface area is 120 Å². The number of amides is 1. The van der Waals surface area contributed by atoms with E-state index in [0.29, 0.717) is 31.4 Å². The van der Waals surface area contributed by atoms with Crippen LogP contribution in [0.15, 0.2) is 17.1 Å². The third kappa shape index (κ3) is 4.35. The largest absolute Gasteiger partial charge is 0.364 e. The van der Waals surface area contributed by atoms with Gasteiger partial charge in [-0.1, -0.05) is 0 Å². The maximum Gasteiger partial charge on any atom is 0.345 e. The lowest BCUT2D eigenvalue weighted by molar-refractivity contribution is -0.170. The number of H-pyrrole nitrogens is 1. The summed E-state index contributed by atoms with van der Waals surface area (Å²) in [5.41, 5.74) is 0.409. The minimum absolute atomic E-state index is 0.0616. The van der Waals surface area contributed by atoms with Crippen molar-refractivity contribution in [3.63, 3.8) is 0 Å².